The third-order valence-electron chi connectivity index (χ3n) is 3.68. The molecule has 0 unspecified atom stereocenters. The maximum atomic E-state index is 12.0. The quantitative estimate of drug-likeness (QED) is 0.619. The van der Waals surface area contributed by atoms with Gasteiger partial charge in [0.25, 0.3) is 0 Å². The Balaban J connectivity index is 1.80. The molecule has 1 fully saturated rings. The van der Waals surface area contributed by atoms with Gasteiger partial charge in [-0.3, -0.25) is 4.79 Å². The average Bonchev–Trinajstić information content (AvgIpc) is 2.78. The van der Waals surface area contributed by atoms with Crippen molar-refractivity contribution in [3.63, 3.8) is 0 Å². The molecule has 0 saturated carbocycles. The second-order valence-corrected chi connectivity index (χ2v) is 4.89. The highest BCUT2D eigenvalue weighted by Gasteiger charge is 2.27. The standard InChI is InChI=1S/C13H17N3O/c1-15-5-7-16(8-6-15)13-9-12(17)10-3-2-4-11(10)14-13/h2,4H,3,5-9H2,1H3. The fourth-order valence-corrected chi connectivity index (χ4v) is 2.53. The second kappa shape index (κ2) is 4.11. The van der Waals surface area contributed by atoms with Crippen molar-refractivity contribution in [2.24, 2.45) is 4.99 Å². The maximum Gasteiger partial charge on any atom is 0.168 e. The number of piperazine rings is 1. The zero-order valence-electron chi connectivity index (χ0n) is 10.1. The Hall–Kier alpha value is -1.42. The molecule has 0 aromatic rings. The number of allylic oxidation sites excluding steroid dienone is 3. The van der Waals surface area contributed by atoms with Crippen molar-refractivity contribution >= 4 is 11.6 Å². The Morgan fingerprint density at radius 3 is 2.76 bits per heavy atom. The van der Waals surface area contributed by atoms with Crippen molar-refractivity contribution in [3.8, 4) is 0 Å². The molecule has 0 amide bonds. The van der Waals surface area contributed by atoms with E-state index in [4.69, 9.17) is 0 Å². The van der Waals surface area contributed by atoms with E-state index in [0.717, 1.165) is 49.7 Å². The monoisotopic (exact) mass is 231 g/mol. The number of ketones is 1. The number of rotatable bonds is 0. The number of likely N-dealkylation sites (N-methyl/N-ethyl adjacent to an activating group) is 1. The third kappa shape index (κ3) is 1.93. The summed E-state index contributed by atoms with van der Waals surface area (Å²) in [4.78, 5) is 21.2. The molecule has 0 N–H and O–H groups in total. The van der Waals surface area contributed by atoms with E-state index in [9.17, 15) is 4.79 Å². The van der Waals surface area contributed by atoms with Crippen LogP contribution < -0.4 is 0 Å². The van der Waals surface area contributed by atoms with Gasteiger partial charge in [-0.2, -0.15) is 0 Å². The lowest BCUT2D eigenvalue weighted by atomic mass is 10.0. The Kier molecular flexibility index (Phi) is 2.59. The first kappa shape index (κ1) is 10.7. The summed E-state index contributed by atoms with van der Waals surface area (Å²) in [5, 5.41) is 0. The largest absolute Gasteiger partial charge is 0.357 e. The van der Waals surface area contributed by atoms with Gasteiger partial charge >= 0.3 is 0 Å². The third-order valence-corrected chi connectivity index (χ3v) is 3.68. The van der Waals surface area contributed by atoms with Crippen LogP contribution in [0.4, 0.5) is 0 Å². The van der Waals surface area contributed by atoms with Gasteiger partial charge in [0.1, 0.15) is 5.84 Å². The first-order valence-electron chi connectivity index (χ1n) is 6.18. The van der Waals surface area contributed by atoms with Crippen molar-refractivity contribution in [3.05, 3.63) is 23.4 Å². The molecular weight excluding hydrogens is 214 g/mol. The molecule has 17 heavy (non-hydrogen) atoms. The molecule has 3 aliphatic rings. The number of hydrogen-bond donors (Lipinski definition) is 0. The number of carbonyl (C=O) groups excluding carboxylic acids is 1. The van der Waals surface area contributed by atoms with Crippen molar-refractivity contribution in [2.45, 2.75) is 12.8 Å². The van der Waals surface area contributed by atoms with E-state index in [1.165, 1.54) is 0 Å². The number of carbonyl (C=O) groups is 1. The van der Waals surface area contributed by atoms with E-state index < -0.39 is 0 Å². The van der Waals surface area contributed by atoms with Gasteiger partial charge in [-0.1, -0.05) is 6.08 Å². The molecule has 4 nitrogen and oxygen atoms in total. The SMILES string of the molecule is CN1CCN(C2=NC3=C(CC=C3)C(=O)C2)CC1. The number of aliphatic imine (C=N–C) groups is 1. The smallest absolute Gasteiger partial charge is 0.168 e. The van der Waals surface area contributed by atoms with Gasteiger partial charge in [0.15, 0.2) is 5.78 Å². The second-order valence-electron chi connectivity index (χ2n) is 4.89. The van der Waals surface area contributed by atoms with Crippen LogP contribution in [0.2, 0.25) is 0 Å². The minimum atomic E-state index is 0.258. The lowest BCUT2D eigenvalue weighted by Crippen LogP contribution is -2.48. The molecule has 1 aliphatic carbocycles. The highest BCUT2D eigenvalue weighted by atomic mass is 16.1. The lowest BCUT2D eigenvalue weighted by molar-refractivity contribution is -0.114. The minimum absolute atomic E-state index is 0.258. The zero-order chi connectivity index (χ0) is 11.8. The molecule has 0 bridgehead atoms. The highest BCUT2D eigenvalue weighted by Crippen LogP contribution is 2.27. The van der Waals surface area contributed by atoms with E-state index in [2.05, 4.69) is 21.8 Å². The van der Waals surface area contributed by atoms with E-state index in [-0.39, 0.29) is 5.78 Å². The summed E-state index contributed by atoms with van der Waals surface area (Å²) in [6.45, 7) is 4.06. The molecule has 1 saturated heterocycles. The van der Waals surface area contributed by atoms with Crippen LogP contribution in [-0.4, -0.2) is 54.6 Å². The summed E-state index contributed by atoms with van der Waals surface area (Å²) >= 11 is 0. The van der Waals surface area contributed by atoms with Gasteiger partial charge in [-0.25, -0.2) is 4.99 Å². The first-order chi connectivity index (χ1) is 8.24. The Morgan fingerprint density at radius 1 is 1.24 bits per heavy atom. The Bertz CT molecular complexity index is 440. The van der Waals surface area contributed by atoms with Gasteiger partial charge < -0.3 is 9.80 Å². The lowest BCUT2D eigenvalue weighted by Gasteiger charge is -2.35. The van der Waals surface area contributed by atoms with E-state index in [0.29, 0.717) is 6.42 Å². The van der Waals surface area contributed by atoms with Crippen LogP contribution in [0.3, 0.4) is 0 Å². The van der Waals surface area contributed by atoms with E-state index in [1.807, 2.05) is 12.2 Å². The molecule has 2 aliphatic heterocycles. The molecule has 0 atom stereocenters. The van der Waals surface area contributed by atoms with Crippen LogP contribution in [-0.2, 0) is 4.79 Å². The van der Waals surface area contributed by atoms with Crippen molar-refractivity contribution in [1.29, 1.82) is 0 Å². The van der Waals surface area contributed by atoms with Crippen LogP contribution in [0, 0.1) is 0 Å². The average molecular weight is 231 g/mol. The van der Waals surface area contributed by atoms with Crippen molar-refractivity contribution < 1.29 is 4.79 Å². The van der Waals surface area contributed by atoms with E-state index >= 15 is 0 Å². The molecule has 0 aromatic heterocycles. The highest BCUT2D eigenvalue weighted by molar-refractivity contribution is 6.12. The fraction of sp³-hybridized carbons (Fsp3) is 0.538. The molecule has 2 heterocycles. The molecule has 0 aromatic carbocycles. The molecule has 4 heteroatoms. The maximum absolute atomic E-state index is 12.0. The van der Waals surface area contributed by atoms with Crippen molar-refractivity contribution in [2.75, 3.05) is 33.2 Å². The molecule has 0 spiro atoms. The number of Topliss-reactive ketones (excluding diaryl/α,β-unsaturated/α-hetero) is 1. The molecule has 0 radical (unpaired) electrons. The predicted molar refractivity (Wildman–Crippen MR) is 66.9 cm³/mol. The summed E-state index contributed by atoms with van der Waals surface area (Å²) < 4.78 is 0. The van der Waals surface area contributed by atoms with Gasteiger partial charge in [0.2, 0.25) is 0 Å². The minimum Gasteiger partial charge on any atom is -0.357 e. The summed E-state index contributed by atoms with van der Waals surface area (Å²) in [6.07, 6.45) is 5.26. The Morgan fingerprint density at radius 2 is 2.00 bits per heavy atom. The number of hydrogen-bond acceptors (Lipinski definition) is 4. The van der Waals surface area contributed by atoms with Crippen LogP contribution in [0.1, 0.15) is 12.8 Å². The van der Waals surface area contributed by atoms with Gasteiger partial charge in [0, 0.05) is 31.8 Å². The van der Waals surface area contributed by atoms with Gasteiger partial charge in [0.05, 0.1) is 12.1 Å². The van der Waals surface area contributed by atoms with Gasteiger partial charge in [-0.15, -0.1) is 0 Å². The summed E-state index contributed by atoms with van der Waals surface area (Å²) in [5.41, 5.74) is 1.80. The normalized spacial score (nSPS) is 25.4. The fourth-order valence-electron chi connectivity index (χ4n) is 2.53. The summed E-state index contributed by atoms with van der Waals surface area (Å²) in [5.74, 6) is 1.22. The topological polar surface area (TPSA) is 35.9 Å². The van der Waals surface area contributed by atoms with E-state index in [1.54, 1.807) is 0 Å². The van der Waals surface area contributed by atoms with Crippen LogP contribution in [0.25, 0.3) is 0 Å². The molecular formula is C13H17N3O. The summed E-state index contributed by atoms with van der Waals surface area (Å²) in [7, 11) is 2.13. The van der Waals surface area contributed by atoms with Gasteiger partial charge in [-0.05, 0) is 19.5 Å². The first-order valence-corrected chi connectivity index (χ1v) is 6.18. The zero-order valence-corrected chi connectivity index (χ0v) is 10.1. The molecule has 90 valence electrons. The Labute approximate surface area is 101 Å². The number of nitrogens with zero attached hydrogens (tertiary/aromatic N) is 3. The van der Waals surface area contributed by atoms with Crippen LogP contribution in [0.15, 0.2) is 28.4 Å². The summed E-state index contributed by atoms with van der Waals surface area (Å²) in [6, 6.07) is 0. The van der Waals surface area contributed by atoms with Crippen LogP contribution >= 0.6 is 0 Å². The molecule has 3 rings (SSSR count). The van der Waals surface area contributed by atoms with Crippen LogP contribution in [0.5, 0.6) is 0 Å². The number of amidine groups is 1. The predicted octanol–water partition coefficient (Wildman–Crippen LogP) is 0.819. The van der Waals surface area contributed by atoms with Crippen molar-refractivity contribution in [1.82, 2.24) is 9.80 Å².